The Morgan fingerprint density at radius 3 is 1.37 bits per heavy atom. The van der Waals surface area contributed by atoms with Gasteiger partial charge in [0.2, 0.25) is 0 Å². The van der Waals surface area contributed by atoms with Gasteiger partial charge in [0.25, 0.3) is 0 Å². The summed E-state index contributed by atoms with van der Waals surface area (Å²) in [6.45, 7) is 3.93. The van der Waals surface area contributed by atoms with Gasteiger partial charge in [-0.15, -0.1) is 0 Å². The van der Waals surface area contributed by atoms with Crippen molar-refractivity contribution >= 4 is 36.0 Å². The van der Waals surface area contributed by atoms with Gasteiger partial charge in [0.15, 0.2) is 0 Å². The zero-order valence-corrected chi connectivity index (χ0v) is 20.8. The van der Waals surface area contributed by atoms with Crippen molar-refractivity contribution < 1.29 is 38.9 Å². The van der Waals surface area contributed by atoms with Gasteiger partial charge in [-0.2, -0.15) is 0 Å². The Labute approximate surface area is 219 Å². The number of carboxylic acid groups (broad SMARTS) is 2. The Morgan fingerprint density at radius 2 is 1.03 bits per heavy atom. The van der Waals surface area contributed by atoms with E-state index in [0.717, 1.165) is 59.4 Å². The third kappa shape index (κ3) is 7.04. The lowest BCUT2D eigenvalue weighted by Gasteiger charge is -2.11. The number of esters is 2. The fourth-order valence-corrected chi connectivity index (χ4v) is 3.70. The lowest BCUT2D eigenvalue weighted by atomic mass is 10.1. The molecule has 0 radical (unpaired) electrons. The third-order valence-electron chi connectivity index (χ3n) is 5.63. The van der Waals surface area contributed by atoms with E-state index in [9.17, 15) is 29.4 Å². The molecule has 0 saturated carbocycles. The summed E-state index contributed by atoms with van der Waals surface area (Å²) in [5.74, 6) is -5.82. The molecule has 3 aromatic rings. The molecule has 0 fully saturated rings. The lowest BCUT2D eigenvalue weighted by molar-refractivity contribution is -0.130. The summed E-state index contributed by atoms with van der Waals surface area (Å²) in [4.78, 5) is 48.6. The van der Waals surface area contributed by atoms with Crippen molar-refractivity contribution in [2.75, 3.05) is 0 Å². The predicted molar refractivity (Wildman–Crippen MR) is 141 cm³/mol. The Hall–Kier alpha value is -4.98. The van der Waals surface area contributed by atoms with Gasteiger partial charge in [0.05, 0.1) is 0 Å². The molecule has 0 aliphatic heterocycles. The monoisotopic (exact) mass is 514 g/mol. The summed E-state index contributed by atoms with van der Waals surface area (Å²) in [6, 6.07) is 16.5. The number of carboxylic acids is 2. The molecule has 0 spiro atoms. The van der Waals surface area contributed by atoms with Crippen molar-refractivity contribution in [3.63, 3.8) is 0 Å². The Kier molecular flexibility index (Phi) is 9.31. The van der Waals surface area contributed by atoms with Crippen molar-refractivity contribution in [2.45, 2.75) is 26.7 Å². The second kappa shape index (κ2) is 12.8. The Balaban J connectivity index is 1.86. The summed E-state index contributed by atoms with van der Waals surface area (Å²) in [6.07, 6.45) is 6.76. The summed E-state index contributed by atoms with van der Waals surface area (Å²) >= 11 is 0. The number of aryl methyl sites for hydroxylation is 2. The highest BCUT2D eigenvalue weighted by molar-refractivity contribution is 6.00. The van der Waals surface area contributed by atoms with Gasteiger partial charge in [0.1, 0.15) is 22.6 Å². The van der Waals surface area contributed by atoms with Crippen LogP contribution in [-0.4, -0.2) is 34.1 Å². The van der Waals surface area contributed by atoms with Crippen molar-refractivity contribution in [2.24, 2.45) is 0 Å². The molecule has 0 aromatic heterocycles. The van der Waals surface area contributed by atoms with E-state index in [1.165, 1.54) is 12.2 Å². The second-order valence-corrected chi connectivity index (χ2v) is 8.07. The maximum atomic E-state index is 12.4. The third-order valence-corrected chi connectivity index (χ3v) is 5.63. The van der Waals surface area contributed by atoms with Crippen molar-refractivity contribution in [1.82, 2.24) is 0 Å². The number of aromatic carboxylic acids is 2. The number of carbonyl (C=O) groups excluding carboxylic acids is 2. The van der Waals surface area contributed by atoms with Gasteiger partial charge in [-0.25, -0.2) is 19.2 Å². The van der Waals surface area contributed by atoms with E-state index < -0.39 is 46.5 Å². The molecule has 3 rings (SSSR count). The van der Waals surface area contributed by atoms with E-state index in [1.54, 1.807) is 0 Å². The molecule has 8 heteroatoms. The van der Waals surface area contributed by atoms with Gasteiger partial charge in [0, 0.05) is 24.3 Å². The highest BCUT2D eigenvalue weighted by Gasteiger charge is 2.23. The molecule has 0 heterocycles. The molecule has 0 saturated heterocycles. The standard InChI is InChI=1S/C30H26O8/c1-3-19-9-5-7-11-21(19)13-15-27(31)37-25-17-24(30(35)36)26(18-23(25)29(33)34)38-28(32)16-14-22-12-8-6-10-20(22)4-2/h5-18H,3-4H2,1-2H3,(H,33,34)(H,35,36). The summed E-state index contributed by atoms with van der Waals surface area (Å²) in [7, 11) is 0. The predicted octanol–water partition coefficient (Wildman–Crippen LogP) is 5.45. The maximum Gasteiger partial charge on any atom is 0.339 e. The second-order valence-electron chi connectivity index (χ2n) is 8.07. The first-order valence-corrected chi connectivity index (χ1v) is 11.8. The molecular formula is C30H26O8. The van der Waals surface area contributed by atoms with Crippen LogP contribution in [0.2, 0.25) is 0 Å². The van der Waals surface area contributed by atoms with E-state index in [0.29, 0.717) is 0 Å². The first kappa shape index (κ1) is 27.6. The zero-order chi connectivity index (χ0) is 27.7. The lowest BCUT2D eigenvalue weighted by Crippen LogP contribution is -2.13. The molecule has 0 aliphatic carbocycles. The van der Waals surface area contributed by atoms with Crippen molar-refractivity contribution in [1.29, 1.82) is 0 Å². The van der Waals surface area contributed by atoms with Crippen LogP contribution in [-0.2, 0) is 22.4 Å². The van der Waals surface area contributed by atoms with E-state index in [-0.39, 0.29) is 0 Å². The van der Waals surface area contributed by atoms with Crippen molar-refractivity contribution in [3.8, 4) is 11.5 Å². The fourth-order valence-electron chi connectivity index (χ4n) is 3.70. The van der Waals surface area contributed by atoms with Crippen LogP contribution in [0.1, 0.15) is 56.8 Å². The van der Waals surface area contributed by atoms with E-state index in [1.807, 2.05) is 62.4 Å². The average Bonchev–Trinajstić information content (AvgIpc) is 2.91. The van der Waals surface area contributed by atoms with Gasteiger partial charge in [-0.3, -0.25) is 0 Å². The van der Waals surface area contributed by atoms with E-state index >= 15 is 0 Å². The molecule has 8 nitrogen and oxygen atoms in total. The Morgan fingerprint density at radius 1 is 0.658 bits per heavy atom. The number of benzene rings is 3. The minimum Gasteiger partial charge on any atom is -0.478 e. The SMILES string of the molecule is CCc1ccccc1C=CC(=O)Oc1cc(C(=O)O)c(OC(=O)C=Cc2ccccc2CC)cc1C(=O)O. The highest BCUT2D eigenvalue weighted by atomic mass is 16.5. The molecule has 0 atom stereocenters. The number of rotatable bonds is 10. The maximum absolute atomic E-state index is 12.4. The van der Waals surface area contributed by atoms with E-state index in [2.05, 4.69) is 0 Å². The smallest absolute Gasteiger partial charge is 0.339 e. The molecule has 3 aromatic carbocycles. The van der Waals surface area contributed by atoms with Crippen LogP contribution in [0.25, 0.3) is 12.2 Å². The largest absolute Gasteiger partial charge is 0.478 e. The summed E-state index contributed by atoms with van der Waals surface area (Å²) in [5.41, 5.74) is 2.47. The molecule has 2 N–H and O–H groups in total. The molecule has 194 valence electrons. The number of hydrogen-bond donors (Lipinski definition) is 2. The minimum absolute atomic E-state index is 0.499. The van der Waals surface area contributed by atoms with Crippen LogP contribution in [0.4, 0.5) is 0 Å². The van der Waals surface area contributed by atoms with Crippen LogP contribution >= 0.6 is 0 Å². The van der Waals surface area contributed by atoms with Gasteiger partial charge < -0.3 is 19.7 Å². The molecule has 0 amide bonds. The van der Waals surface area contributed by atoms with Crippen LogP contribution in [0, 0.1) is 0 Å². The summed E-state index contributed by atoms with van der Waals surface area (Å²) in [5, 5.41) is 19.3. The average molecular weight is 515 g/mol. The van der Waals surface area contributed by atoms with Gasteiger partial charge in [-0.1, -0.05) is 62.4 Å². The summed E-state index contributed by atoms with van der Waals surface area (Å²) < 4.78 is 10.3. The van der Waals surface area contributed by atoms with Gasteiger partial charge >= 0.3 is 23.9 Å². The molecule has 0 aliphatic rings. The van der Waals surface area contributed by atoms with Crippen LogP contribution in [0.3, 0.4) is 0 Å². The van der Waals surface area contributed by atoms with E-state index in [4.69, 9.17) is 9.47 Å². The quantitative estimate of drug-likeness (QED) is 0.208. The molecular weight excluding hydrogens is 488 g/mol. The highest BCUT2D eigenvalue weighted by Crippen LogP contribution is 2.30. The molecule has 0 bridgehead atoms. The first-order chi connectivity index (χ1) is 18.2. The number of hydrogen-bond acceptors (Lipinski definition) is 6. The number of carbonyl (C=O) groups is 4. The van der Waals surface area contributed by atoms with Crippen molar-refractivity contribution in [3.05, 3.63) is 106 Å². The van der Waals surface area contributed by atoms with Crippen LogP contribution in [0.5, 0.6) is 11.5 Å². The molecule has 0 unspecified atom stereocenters. The normalized spacial score (nSPS) is 11.0. The zero-order valence-electron chi connectivity index (χ0n) is 20.8. The number of ether oxygens (including phenoxy) is 2. The van der Waals surface area contributed by atoms with Crippen LogP contribution < -0.4 is 9.47 Å². The fraction of sp³-hybridized carbons (Fsp3) is 0.133. The Bertz CT molecular complexity index is 1320. The van der Waals surface area contributed by atoms with Gasteiger partial charge in [-0.05, 0) is 47.2 Å². The first-order valence-electron chi connectivity index (χ1n) is 11.8. The molecule has 38 heavy (non-hydrogen) atoms. The topological polar surface area (TPSA) is 127 Å². The minimum atomic E-state index is -1.50. The van der Waals surface area contributed by atoms with Crippen LogP contribution in [0.15, 0.2) is 72.8 Å².